The molecule has 0 bridgehead atoms. The minimum Gasteiger partial charge on any atom is -0.495 e. The molecule has 1 heterocycles. The summed E-state index contributed by atoms with van der Waals surface area (Å²) < 4.78 is 16.3. The van der Waals surface area contributed by atoms with Crippen LogP contribution in [0.2, 0.25) is 5.02 Å². The molecule has 0 aliphatic carbocycles. The van der Waals surface area contributed by atoms with Gasteiger partial charge >= 0.3 is 0 Å². The molecule has 0 amide bonds. The molecule has 0 aliphatic heterocycles. The van der Waals surface area contributed by atoms with Crippen LogP contribution in [0, 0.1) is 10.8 Å². The number of ether oxygens (including phenoxy) is 2. The number of halogens is 1. The second-order valence-electron chi connectivity index (χ2n) is 6.64. The molecule has 0 fully saturated rings. The Bertz CT molecular complexity index is 1110. The Labute approximate surface area is 189 Å². The summed E-state index contributed by atoms with van der Waals surface area (Å²) >= 11 is 7.30. The Morgan fingerprint density at radius 1 is 1.03 bits per heavy atom. The van der Waals surface area contributed by atoms with Crippen molar-refractivity contribution >= 4 is 39.2 Å². The van der Waals surface area contributed by atoms with Crippen molar-refractivity contribution in [1.29, 1.82) is 10.8 Å². The predicted molar refractivity (Wildman–Crippen MR) is 125 cm³/mol. The Kier molecular flexibility index (Phi) is 7.20. The number of carbonyl (C=O) groups is 1. The van der Waals surface area contributed by atoms with E-state index in [9.17, 15) is 4.79 Å². The molecule has 3 rings (SSSR count). The maximum Gasteiger partial charge on any atom is 0.202 e. The predicted octanol–water partition coefficient (Wildman–Crippen LogP) is 6.10. The van der Waals surface area contributed by atoms with Gasteiger partial charge in [-0.1, -0.05) is 47.6 Å². The maximum absolute atomic E-state index is 12.7. The largest absolute Gasteiger partial charge is 0.495 e. The zero-order chi connectivity index (χ0) is 22.5. The number of carbonyl (C=O) groups excluding carboxylic acids is 1. The molecule has 0 unspecified atom stereocenters. The Morgan fingerprint density at radius 3 is 2.19 bits per heavy atom. The second-order valence-corrected chi connectivity index (χ2v) is 8.25. The summed E-state index contributed by atoms with van der Waals surface area (Å²) in [6, 6.07) is 14.0. The molecule has 0 saturated heterocycles. The normalized spacial score (nSPS) is 10.6. The number of methoxy groups -OCH3 is 2. The Morgan fingerprint density at radius 2 is 1.65 bits per heavy atom. The Hall–Kier alpha value is -3.03. The smallest absolute Gasteiger partial charge is 0.202 e. The van der Waals surface area contributed by atoms with E-state index in [1.165, 1.54) is 14.2 Å². The Balaban J connectivity index is 1.75. The summed E-state index contributed by atoms with van der Waals surface area (Å²) in [5.41, 5.74) is 2.20. The molecule has 0 atom stereocenters. The molecule has 2 N–H and O–H groups in total. The topological polar surface area (TPSA) is 96.4 Å². The van der Waals surface area contributed by atoms with Gasteiger partial charge in [0.15, 0.2) is 5.76 Å². The van der Waals surface area contributed by atoms with Crippen LogP contribution in [0.25, 0.3) is 11.3 Å². The van der Waals surface area contributed by atoms with Crippen LogP contribution in [0.5, 0.6) is 11.5 Å². The van der Waals surface area contributed by atoms with Gasteiger partial charge in [0.05, 0.1) is 19.3 Å². The van der Waals surface area contributed by atoms with Gasteiger partial charge in [0.2, 0.25) is 5.78 Å². The maximum atomic E-state index is 12.7. The minimum absolute atomic E-state index is 0.160. The number of nitrogens with one attached hydrogen (secondary N) is 2. The SMILES string of the molecule is COc1cc(-c2ccc(C(=O)Cc3ccc(C(=N)SC(C)=N)cc3)o2)cc(OC)c1Cl. The minimum atomic E-state index is -0.160. The zero-order valence-corrected chi connectivity index (χ0v) is 18.8. The summed E-state index contributed by atoms with van der Waals surface area (Å²) in [6.07, 6.45) is 0.171. The lowest BCUT2D eigenvalue weighted by atomic mass is 10.1. The molecule has 160 valence electrons. The van der Waals surface area contributed by atoms with E-state index in [2.05, 4.69) is 0 Å². The third kappa shape index (κ3) is 5.37. The fourth-order valence-electron chi connectivity index (χ4n) is 2.91. The third-order valence-electron chi connectivity index (χ3n) is 4.45. The van der Waals surface area contributed by atoms with Crippen LogP contribution < -0.4 is 9.47 Å². The van der Waals surface area contributed by atoms with Gasteiger partial charge in [-0.15, -0.1) is 0 Å². The highest BCUT2D eigenvalue weighted by Gasteiger charge is 2.17. The van der Waals surface area contributed by atoms with Gasteiger partial charge in [0, 0.05) is 17.5 Å². The van der Waals surface area contributed by atoms with Crippen LogP contribution in [0.4, 0.5) is 0 Å². The van der Waals surface area contributed by atoms with Crippen LogP contribution in [0.15, 0.2) is 52.9 Å². The molecular formula is C23H21ClN2O4S. The second kappa shape index (κ2) is 9.85. The number of thioether (sulfide) groups is 1. The molecule has 2 aromatic carbocycles. The van der Waals surface area contributed by atoms with Gasteiger partial charge in [-0.3, -0.25) is 15.6 Å². The van der Waals surface area contributed by atoms with Crippen molar-refractivity contribution in [2.75, 3.05) is 14.2 Å². The molecule has 3 aromatic rings. The number of rotatable bonds is 7. The molecule has 1 aromatic heterocycles. The highest BCUT2D eigenvalue weighted by molar-refractivity contribution is 8.26. The van der Waals surface area contributed by atoms with E-state index in [0.29, 0.717) is 43.5 Å². The molecular weight excluding hydrogens is 436 g/mol. The molecule has 0 spiro atoms. The first-order valence-corrected chi connectivity index (χ1v) is 10.5. The first-order valence-electron chi connectivity index (χ1n) is 9.28. The van der Waals surface area contributed by atoms with E-state index in [4.69, 9.17) is 36.3 Å². The average molecular weight is 457 g/mol. The van der Waals surface area contributed by atoms with Crippen molar-refractivity contribution in [1.82, 2.24) is 0 Å². The van der Waals surface area contributed by atoms with Crippen molar-refractivity contribution < 1.29 is 18.7 Å². The molecule has 0 aliphatic rings. The monoisotopic (exact) mass is 456 g/mol. The molecule has 6 nitrogen and oxygen atoms in total. The first kappa shape index (κ1) is 22.7. The van der Waals surface area contributed by atoms with Gasteiger partial charge in [-0.2, -0.15) is 0 Å². The summed E-state index contributed by atoms with van der Waals surface area (Å²) in [5.74, 6) is 1.48. The van der Waals surface area contributed by atoms with Gasteiger partial charge in [-0.05, 0) is 36.8 Å². The van der Waals surface area contributed by atoms with E-state index in [-0.39, 0.29) is 18.0 Å². The number of hydrogen-bond donors (Lipinski definition) is 2. The lowest BCUT2D eigenvalue weighted by molar-refractivity contribution is 0.0967. The summed E-state index contributed by atoms with van der Waals surface area (Å²) in [6.45, 7) is 1.64. The van der Waals surface area contributed by atoms with E-state index >= 15 is 0 Å². The quantitative estimate of drug-likeness (QED) is 0.254. The van der Waals surface area contributed by atoms with Crippen molar-refractivity contribution in [3.63, 3.8) is 0 Å². The summed E-state index contributed by atoms with van der Waals surface area (Å²) in [5, 5.41) is 16.5. The molecule has 0 saturated carbocycles. The van der Waals surface area contributed by atoms with Crippen LogP contribution >= 0.6 is 23.4 Å². The van der Waals surface area contributed by atoms with E-state index in [1.807, 2.05) is 0 Å². The van der Waals surface area contributed by atoms with Crippen molar-refractivity contribution in [3.05, 3.63) is 70.4 Å². The number of furan rings is 1. The summed E-state index contributed by atoms with van der Waals surface area (Å²) in [4.78, 5) is 12.7. The number of benzene rings is 2. The van der Waals surface area contributed by atoms with Crippen molar-refractivity contribution in [3.8, 4) is 22.8 Å². The molecule has 8 heteroatoms. The number of ketones is 1. The van der Waals surface area contributed by atoms with E-state index in [1.54, 1.807) is 55.5 Å². The molecule has 0 radical (unpaired) electrons. The van der Waals surface area contributed by atoms with Crippen molar-refractivity contribution in [2.24, 2.45) is 0 Å². The van der Waals surface area contributed by atoms with Crippen molar-refractivity contribution in [2.45, 2.75) is 13.3 Å². The highest BCUT2D eigenvalue weighted by atomic mass is 35.5. The van der Waals surface area contributed by atoms with Gasteiger partial charge in [0.25, 0.3) is 0 Å². The van der Waals surface area contributed by atoms with Crippen LogP contribution in [0.1, 0.15) is 28.6 Å². The zero-order valence-electron chi connectivity index (χ0n) is 17.2. The fourth-order valence-corrected chi connectivity index (χ4v) is 3.74. The van der Waals surface area contributed by atoms with Gasteiger partial charge < -0.3 is 13.9 Å². The number of Topliss-reactive ketones (excluding diaryl/α,β-unsaturated/α-hetero) is 1. The average Bonchev–Trinajstić information content (AvgIpc) is 3.24. The lowest BCUT2D eigenvalue weighted by Crippen LogP contribution is -2.03. The van der Waals surface area contributed by atoms with Gasteiger partial charge in [-0.25, -0.2) is 0 Å². The van der Waals surface area contributed by atoms with Crippen LogP contribution in [-0.4, -0.2) is 30.1 Å². The molecule has 31 heavy (non-hydrogen) atoms. The third-order valence-corrected chi connectivity index (χ3v) is 5.57. The van der Waals surface area contributed by atoms with Crippen LogP contribution in [0.3, 0.4) is 0 Å². The standard InChI is InChI=1S/C23H21ClN2O4S/c1-13(25)31-23(26)15-6-4-14(5-7-15)10-17(27)19-9-8-18(30-19)16-11-20(28-2)22(24)21(12-16)29-3/h4-9,11-12,25-26H,10H2,1-3H3. The van der Waals surface area contributed by atoms with Gasteiger partial charge in [0.1, 0.15) is 27.3 Å². The number of hydrogen-bond acceptors (Lipinski definition) is 7. The highest BCUT2D eigenvalue weighted by Crippen LogP contribution is 2.39. The fraction of sp³-hybridized carbons (Fsp3) is 0.174. The lowest BCUT2D eigenvalue weighted by Gasteiger charge is -2.10. The summed E-state index contributed by atoms with van der Waals surface area (Å²) in [7, 11) is 3.03. The van der Waals surface area contributed by atoms with Crippen LogP contribution in [-0.2, 0) is 6.42 Å². The first-order chi connectivity index (χ1) is 14.8. The van der Waals surface area contributed by atoms with E-state index < -0.39 is 0 Å². The van der Waals surface area contributed by atoms with E-state index in [0.717, 1.165) is 17.3 Å².